The third-order valence-corrected chi connectivity index (χ3v) is 4.97. The molecule has 1 N–H and O–H groups in total. The van der Waals surface area contributed by atoms with Gasteiger partial charge in [0.15, 0.2) is 0 Å². The molecular weight excluding hydrogens is 182 g/mol. The molecule has 0 aromatic rings. The average molecular weight is 211 g/mol. The van der Waals surface area contributed by atoms with E-state index in [2.05, 4.69) is 53.9 Å². The number of nitrogens with one attached hydrogen (secondary N) is 1. The quantitative estimate of drug-likeness (QED) is 0.733. The highest BCUT2D eigenvalue weighted by Gasteiger charge is 2.58. The first-order valence-electron chi connectivity index (χ1n) is 6.55. The maximum Gasteiger partial charge on any atom is 0.0131 e. The van der Waals surface area contributed by atoms with Crippen LogP contribution in [0.2, 0.25) is 0 Å². The summed E-state index contributed by atoms with van der Waals surface area (Å²) < 4.78 is 0. The molecule has 0 bridgehead atoms. The normalized spacial score (nSPS) is 32.8. The smallest absolute Gasteiger partial charge is 0.0131 e. The molecule has 1 fully saturated rings. The molecule has 0 aliphatic heterocycles. The summed E-state index contributed by atoms with van der Waals surface area (Å²) in [7, 11) is 2.14. The summed E-state index contributed by atoms with van der Waals surface area (Å²) in [6.07, 6.45) is 1.29. The zero-order valence-corrected chi connectivity index (χ0v) is 11.6. The van der Waals surface area contributed by atoms with Crippen LogP contribution >= 0.6 is 0 Å². The second-order valence-corrected chi connectivity index (χ2v) is 6.27. The minimum atomic E-state index is 0.552. The highest BCUT2D eigenvalue weighted by atomic mass is 14.9. The van der Waals surface area contributed by atoms with Crippen molar-refractivity contribution in [3.63, 3.8) is 0 Å². The fraction of sp³-hybridized carbons (Fsp3) is 1.00. The Hall–Kier alpha value is -0.0400. The molecule has 0 amide bonds. The molecule has 0 aromatic carbocycles. The lowest BCUT2D eigenvalue weighted by Gasteiger charge is -2.30. The van der Waals surface area contributed by atoms with Gasteiger partial charge in [0.05, 0.1) is 0 Å². The summed E-state index contributed by atoms with van der Waals surface area (Å²) in [5.74, 6) is 3.36. The summed E-state index contributed by atoms with van der Waals surface area (Å²) in [5, 5.41) is 3.58. The highest BCUT2D eigenvalue weighted by molar-refractivity contribution is 5.09. The number of rotatable bonds is 5. The van der Waals surface area contributed by atoms with Crippen LogP contribution in [-0.2, 0) is 0 Å². The van der Waals surface area contributed by atoms with Crippen LogP contribution in [0.25, 0.3) is 0 Å². The summed E-state index contributed by atoms with van der Waals surface area (Å²) in [6, 6.07) is 0.708. The summed E-state index contributed by atoms with van der Waals surface area (Å²) in [5.41, 5.74) is 0.552. The minimum Gasteiger partial charge on any atom is -0.316 e. The maximum absolute atomic E-state index is 3.58. The molecule has 1 rings (SSSR count). The maximum atomic E-state index is 3.58. The van der Waals surface area contributed by atoms with Crippen LogP contribution in [-0.4, -0.2) is 13.1 Å². The molecule has 4 atom stereocenters. The van der Waals surface area contributed by atoms with E-state index in [9.17, 15) is 0 Å². The van der Waals surface area contributed by atoms with Crippen LogP contribution in [0, 0.1) is 29.1 Å². The Kier molecular flexibility index (Phi) is 3.86. The largest absolute Gasteiger partial charge is 0.316 e. The van der Waals surface area contributed by atoms with Crippen LogP contribution in [0.3, 0.4) is 0 Å². The van der Waals surface area contributed by atoms with Gasteiger partial charge in [-0.2, -0.15) is 0 Å². The van der Waals surface area contributed by atoms with E-state index >= 15 is 0 Å². The van der Waals surface area contributed by atoms with Gasteiger partial charge >= 0.3 is 0 Å². The average Bonchev–Trinajstić information content (AvgIpc) is 2.62. The third kappa shape index (κ3) is 2.22. The van der Waals surface area contributed by atoms with Gasteiger partial charge in [-0.3, -0.25) is 0 Å². The fourth-order valence-electron chi connectivity index (χ4n) is 3.51. The summed E-state index contributed by atoms with van der Waals surface area (Å²) in [6.45, 7) is 14.3. The van der Waals surface area contributed by atoms with E-state index in [1.54, 1.807) is 0 Å². The van der Waals surface area contributed by atoms with Gasteiger partial charge in [0.2, 0.25) is 0 Å². The molecule has 0 aromatic heterocycles. The van der Waals surface area contributed by atoms with Gasteiger partial charge in [0, 0.05) is 6.04 Å². The molecule has 1 saturated carbocycles. The lowest BCUT2D eigenvalue weighted by molar-refractivity contribution is 0.236. The minimum absolute atomic E-state index is 0.552. The van der Waals surface area contributed by atoms with Crippen molar-refractivity contribution in [3.05, 3.63) is 0 Å². The molecule has 0 heterocycles. The van der Waals surface area contributed by atoms with Crippen LogP contribution in [0.15, 0.2) is 0 Å². The molecule has 0 radical (unpaired) electrons. The van der Waals surface area contributed by atoms with Crippen LogP contribution < -0.4 is 5.32 Å². The van der Waals surface area contributed by atoms with Gasteiger partial charge in [0.25, 0.3) is 0 Å². The Morgan fingerprint density at radius 2 is 1.73 bits per heavy atom. The fourth-order valence-corrected chi connectivity index (χ4v) is 3.51. The monoisotopic (exact) mass is 211 g/mol. The molecule has 15 heavy (non-hydrogen) atoms. The standard InChI is InChI=1S/C14H29N/c1-8-11(9(2)3)13(15-7)12-10(4)14(12,5)6/h9-13,15H,8H2,1-7H3. The Morgan fingerprint density at radius 1 is 1.27 bits per heavy atom. The van der Waals surface area contributed by atoms with Crippen molar-refractivity contribution in [1.82, 2.24) is 5.32 Å². The first-order chi connectivity index (χ1) is 6.87. The molecule has 1 heteroatoms. The Balaban J connectivity index is 2.72. The summed E-state index contributed by atoms with van der Waals surface area (Å²) >= 11 is 0. The van der Waals surface area contributed by atoms with E-state index in [-0.39, 0.29) is 0 Å². The zero-order valence-electron chi connectivity index (χ0n) is 11.6. The van der Waals surface area contributed by atoms with Crippen LogP contribution in [0.4, 0.5) is 0 Å². The second-order valence-electron chi connectivity index (χ2n) is 6.27. The second kappa shape index (κ2) is 4.45. The number of hydrogen-bond acceptors (Lipinski definition) is 1. The molecule has 4 unspecified atom stereocenters. The molecule has 90 valence electrons. The van der Waals surface area contributed by atoms with E-state index in [0.29, 0.717) is 11.5 Å². The summed E-state index contributed by atoms with van der Waals surface area (Å²) in [4.78, 5) is 0. The topological polar surface area (TPSA) is 12.0 Å². The number of hydrogen-bond donors (Lipinski definition) is 1. The van der Waals surface area contributed by atoms with Crippen molar-refractivity contribution in [2.45, 2.75) is 54.0 Å². The van der Waals surface area contributed by atoms with Crippen molar-refractivity contribution in [3.8, 4) is 0 Å². The molecular formula is C14H29N. The van der Waals surface area contributed by atoms with E-state index in [0.717, 1.165) is 23.7 Å². The Bertz CT molecular complexity index is 205. The highest BCUT2D eigenvalue weighted by Crippen LogP contribution is 2.61. The third-order valence-electron chi connectivity index (χ3n) is 4.97. The molecule has 1 aliphatic rings. The Morgan fingerprint density at radius 3 is 1.93 bits per heavy atom. The first kappa shape index (κ1) is 13.0. The van der Waals surface area contributed by atoms with E-state index < -0.39 is 0 Å². The van der Waals surface area contributed by atoms with Gasteiger partial charge in [-0.25, -0.2) is 0 Å². The molecule has 0 spiro atoms. The molecule has 0 saturated heterocycles. The molecule has 1 nitrogen and oxygen atoms in total. The lowest BCUT2D eigenvalue weighted by atomic mass is 9.82. The zero-order chi connectivity index (χ0) is 11.8. The van der Waals surface area contributed by atoms with Crippen molar-refractivity contribution < 1.29 is 0 Å². The van der Waals surface area contributed by atoms with Gasteiger partial charge < -0.3 is 5.32 Å². The predicted octanol–water partition coefficient (Wildman–Crippen LogP) is 3.55. The van der Waals surface area contributed by atoms with Gasteiger partial charge in [0.1, 0.15) is 0 Å². The van der Waals surface area contributed by atoms with E-state index in [4.69, 9.17) is 0 Å². The molecule has 1 aliphatic carbocycles. The van der Waals surface area contributed by atoms with Crippen molar-refractivity contribution in [2.75, 3.05) is 7.05 Å². The first-order valence-corrected chi connectivity index (χ1v) is 6.55. The van der Waals surface area contributed by atoms with Crippen molar-refractivity contribution in [2.24, 2.45) is 29.1 Å². The van der Waals surface area contributed by atoms with Gasteiger partial charge in [-0.15, -0.1) is 0 Å². The van der Waals surface area contributed by atoms with E-state index in [1.165, 1.54) is 6.42 Å². The van der Waals surface area contributed by atoms with Gasteiger partial charge in [-0.05, 0) is 36.1 Å². The van der Waals surface area contributed by atoms with Crippen molar-refractivity contribution in [1.29, 1.82) is 0 Å². The SMILES string of the molecule is CCC(C(C)C)C(NC)C1C(C)C1(C)C. The van der Waals surface area contributed by atoms with Gasteiger partial charge in [-0.1, -0.05) is 48.0 Å². The van der Waals surface area contributed by atoms with Crippen molar-refractivity contribution >= 4 is 0 Å². The Labute approximate surface area is 96.0 Å². The van der Waals surface area contributed by atoms with E-state index in [1.807, 2.05) is 0 Å². The van der Waals surface area contributed by atoms with Crippen LogP contribution in [0.1, 0.15) is 48.0 Å². The predicted molar refractivity (Wildman–Crippen MR) is 67.9 cm³/mol. The lowest BCUT2D eigenvalue weighted by Crippen LogP contribution is -2.39. The van der Waals surface area contributed by atoms with Crippen LogP contribution in [0.5, 0.6) is 0 Å².